The number of hydrogen-bond donors (Lipinski definition) is 2. The Bertz CT molecular complexity index is 818. The number of benzene rings is 1. The maximum atomic E-state index is 13.2. The molecular weight excluding hydrogens is 418 g/mol. The number of carbonyl (C=O) groups excluding carboxylic acids is 3. The van der Waals surface area contributed by atoms with Gasteiger partial charge in [-0.25, -0.2) is 0 Å². The van der Waals surface area contributed by atoms with Crippen molar-refractivity contribution in [3.63, 3.8) is 0 Å². The SMILES string of the molecule is CCCC1COCC(=O)[C@H]1NC(=O)[C@H](CC(C)C)NC(=O)c1cccc(N2CCCCC2)c1. The van der Waals surface area contributed by atoms with Gasteiger partial charge in [-0.15, -0.1) is 0 Å². The third-order valence-electron chi connectivity index (χ3n) is 6.51. The predicted molar refractivity (Wildman–Crippen MR) is 129 cm³/mol. The summed E-state index contributed by atoms with van der Waals surface area (Å²) >= 11 is 0. The summed E-state index contributed by atoms with van der Waals surface area (Å²) in [4.78, 5) is 41.1. The minimum absolute atomic E-state index is 0.0235. The molecule has 3 rings (SSSR count). The minimum Gasteiger partial charge on any atom is -0.373 e. The lowest BCUT2D eigenvalue weighted by Crippen LogP contribution is -2.57. The quantitative estimate of drug-likeness (QED) is 0.594. The molecule has 0 radical (unpaired) electrons. The lowest BCUT2D eigenvalue weighted by atomic mass is 9.90. The van der Waals surface area contributed by atoms with Gasteiger partial charge in [0.05, 0.1) is 12.6 Å². The molecule has 0 spiro atoms. The van der Waals surface area contributed by atoms with Crippen molar-refractivity contribution in [2.75, 3.05) is 31.2 Å². The molecule has 2 fully saturated rings. The van der Waals surface area contributed by atoms with Crippen LogP contribution in [-0.2, 0) is 14.3 Å². The number of rotatable bonds is 9. The molecule has 1 unspecified atom stereocenters. The maximum absolute atomic E-state index is 13.2. The monoisotopic (exact) mass is 457 g/mol. The average Bonchev–Trinajstić information content (AvgIpc) is 2.81. The first-order chi connectivity index (χ1) is 15.9. The van der Waals surface area contributed by atoms with Crippen LogP contribution in [0.15, 0.2) is 24.3 Å². The summed E-state index contributed by atoms with van der Waals surface area (Å²) in [6.45, 7) is 8.58. The van der Waals surface area contributed by atoms with Gasteiger partial charge in [0.2, 0.25) is 5.91 Å². The second-order valence-electron chi connectivity index (χ2n) is 9.77. The van der Waals surface area contributed by atoms with Crippen molar-refractivity contribution in [2.45, 2.75) is 71.4 Å². The lowest BCUT2D eigenvalue weighted by Gasteiger charge is -2.32. The number of carbonyl (C=O) groups is 3. The van der Waals surface area contributed by atoms with Crippen LogP contribution in [0.4, 0.5) is 5.69 Å². The largest absolute Gasteiger partial charge is 0.373 e. The van der Waals surface area contributed by atoms with Crippen molar-refractivity contribution in [1.82, 2.24) is 10.6 Å². The third kappa shape index (κ3) is 7.03. The number of ketones is 1. The van der Waals surface area contributed by atoms with Crippen molar-refractivity contribution >= 4 is 23.3 Å². The van der Waals surface area contributed by atoms with E-state index in [2.05, 4.69) is 22.5 Å². The van der Waals surface area contributed by atoms with Crippen molar-refractivity contribution in [1.29, 1.82) is 0 Å². The van der Waals surface area contributed by atoms with Crippen molar-refractivity contribution in [3.8, 4) is 0 Å². The molecule has 0 saturated carbocycles. The van der Waals surface area contributed by atoms with E-state index in [1.54, 1.807) is 6.07 Å². The summed E-state index contributed by atoms with van der Waals surface area (Å²) in [7, 11) is 0. The highest BCUT2D eigenvalue weighted by Gasteiger charge is 2.35. The predicted octanol–water partition coefficient (Wildman–Crippen LogP) is 3.32. The first kappa shape index (κ1) is 25.2. The molecule has 2 heterocycles. The number of nitrogens with zero attached hydrogens (tertiary/aromatic N) is 1. The summed E-state index contributed by atoms with van der Waals surface area (Å²) in [6, 6.07) is 6.36. The highest BCUT2D eigenvalue weighted by atomic mass is 16.5. The molecule has 3 atom stereocenters. The molecule has 2 saturated heterocycles. The Labute approximate surface area is 197 Å². The molecule has 2 aliphatic rings. The first-order valence-electron chi connectivity index (χ1n) is 12.5. The van der Waals surface area contributed by atoms with Gasteiger partial charge >= 0.3 is 0 Å². The van der Waals surface area contributed by atoms with Crippen molar-refractivity contribution in [2.24, 2.45) is 11.8 Å². The molecule has 0 aliphatic carbocycles. The standard InChI is InChI=1S/C26H39N3O4/c1-4-9-20-16-33-17-23(30)24(20)28-26(32)22(14-18(2)3)27-25(31)19-10-8-11-21(15-19)29-12-6-5-7-13-29/h8,10-11,15,18,20,22,24H,4-7,9,12-14,16-17H2,1-3H3,(H,27,31)(H,28,32)/t20?,22-,24-/m0/s1. The Morgan fingerprint density at radius 1 is 1.18 bits per heavy atom. The summed E-state index contributed by atoms with van der Waals surface area (Å²) in [5.74, 6) is -0.491. The summed E-state index contributed by atoms with van der Waals surface area (Å²) in [5.41, 5.74) is 1.59. The smallest absolute Gasteiger partial charge is 0.252 e. The number of hydrogen-bond acceptors (Lipinski definition) is 5. The van der Waals surface area contributed by atoms with Gasteiger partial charge in [-0.1, -0.05) is 33.3 Å². The topological polar surface area (TPSA) is 87.7 Å². The fourth-order valence-corrected chi connectivity index (χ4v) is 4.77. The highest BCUT2D eigenvalue weighted by molar-refractivity contribution is 5.99. The summed E-state index contributed by atoms with van der Waals surface area (Å²) < 4.78 is 5.39. The van der Waals surface area contributed by atoms with Gasteiger partial charge in [0.1, 0.15) is 12.6 Å². The molecule has 2 amide bonds. The van der Waals surface area contributed by atoms with Crippen molar-refractivity contribution in [3.05, 3.63) is 29.8 Å². The Hall–Kier alpha value is -2.41. The van der Waals surface area contributed by atoms with Gasteiger partial charge in [-0.05, 0) is 56.2 Å². The number of piperidine rings is 1. The number of Topliss-reactive ketones (excluding diaryl/α,β-unsaturated/α-hetero) is 1. The number of amides is 2. The van der Waals surface area contributed by atoms with Crippen LogP contribution in [0.2, 0.25) is 0 Å². The zero-order chi connectivity index (χ0) is 23.8. The van der Waals surface area contributed by atoms with Crippen LogP contribution in [0, 0.1) is 11.8 Å². The second-order valence-corrected chi connectivity index (χ2v) is 9.77. The van der Waals surface area contributed by atoms with Gasteiger partial charge in [0.15, 0.2) is 5.78 Å². The Morgan fingerprint density at radius 2 is 1.94 bits per heavy atom. The second kappa shape index (κ2) is 12.2. The van der Waals surface area contributed by atoms with Crippen LogP contribution >= 0.6 is 0 Å². The van der Waals surface area contributed by atoms with E-state index < -0.39 is 12.1 Å². The molecule has 1 aromatic rings. The Balaban J connectivity index is 1.70. The number of nitrogens with one attached hydrogen (secondary N) is 2. The first-order valence-corrected chi connectivity index (χ1v) is 12.5. The molecule has 7 heteroatoms. The summed E-state index contributed by atoms with van der Waals surface area (Å²) in [6.07, 6.45) is 5.79. The molecule has 0 aromatic heterocycles. The maximum Gasteiger partial charge on any atom is 0.252 e. The van der Waals surface area contributed by atoms with E-state index in [1.807, 2.05) is 32.0 Å². The van der Waals surface area contributed by atoms with Gasteiger partial charge < -0.3 is 20.3 Å². The minimum atomic E-state index is -0.700. The Kier molecular flexibility index (Phi) is 9.30. The number of anilines is 1. The van der Waals surface area contributed by atoms with Crippen LogP contribution in [0.1, 0.15) is 69.7 Å². The van der Waals surface area contributed by atoms with E-state index in [1.165, 1.54) is 6.42 Å². The van der Waals surface area contributed by atoms with Crippen LogP contribution in [-0.4, -0.2) is 56.0 Å². The molecule has 2 N–H and O–H groups in total. The van der Waals surface area contributed by atoms with E-state index in [-0.39, 0.29) is 36.0 Å². The molecule has 1 aromatic carbocycles. The molecular formula is C26H39N3O4. The van der Waals surface area contributed by atoms with Crippen LogP contribution in [0.25, 0.3) is 0 Å². The lowest BCUT2D eigenvalue weighted by molar-refractivity contribution is -0.138. The fourth-order valence-electron chi connectivity index (χ4n) is 4.77. The Morgan fingerprint density at radius 3 is 2.64 bits per heavy atom. The van der Waals surface area contributed by atoms with E-state index in [0.717, 1.165) is 44.5 Å². The normalized spacial score (nSPS) is 22.2. The van der Waals surface area contributed by atoms with Crippen LogP contribution in [0.3, 0.4) is 0 Å². The van der Waals surface area contributed by atoms with Gasteiger partial charge in [-0.3, -0.25) is 14.4 Å². The molecule has 182 valence electrons. The van der Waals surface area contributed by atoms with E-state index in [4.69, 9.17) is 4.74 Å². The third-order valence-corrected chi connectivity index (χ3v) is 6.51. The zero-order valence-electron chi connectivity index (χ0n) is 20.3. The van der Waals surface area contributed by atoms with E-state index >= 15 is 0 Å². The van der Waals surface area contributed by atoms with Gasteiger partial charge in [0.25, 0.3) is 5.91 Å². The van der Waals surface area contributed by atoms with Crippen LogP contribution < -0.4 is 15.5 Å². The molecule has 7 nitrogen and oxygen atoms in total. The number of ether oxygens (including phenoxy) is 1. The van der Waals surface area contributed by atoms with Crippen LogP contribution in [0.5, 0.6) is 0 Å². The highest BCUT2D eigenvalue weighted by Crippen LogP contribution is 2.22. The molecule has 33 heavy (non-hydrogen) atoms. The van der Waals surface area contributed by atoms with Gasteiger partial charge in [-0.2, -0.15) is 0 Å². The fraction of sp³-hybridized carbons (Fsp3) is 0.654. The summed E-state index contributed by atoms with van der Waals surface area (Å²) in [5, 5.41) is 5.87. The molecule has 2 aliphatic heterocycles. The van der Waals surface area contributed by atoms with E-state index in [9.17, 15) is 14.4 Å². The van der Waals surface area contributed by atoms with Gasteiger partial charge in [0, 0.05) is 30.3 Å². The molecule has 0 bridgehead atoms. The van der Waals surface area contributed by atoms with Crippen molar-refractivity contribution < 1.29 is 19.1 Å². The van der Waals surface area contributed by atoms with E-state index in [0.29, 0.717) is 18.6 Å². The average molecular weight is 458 g/mol. The zero-order valence-corrected chi connectivity index (χ0v) is 20.3.